The number of hydrogen-bond donors (Lipinski definition) is 0. The van der Waals surface area contributed by atoms with E-state index >= 15 is 0 Å². The maximum Gasteiger partial charge on any atom is 0.316 e. The van der Waals surface area contributed by atoms with Gasteiger partial charge in [-0.2, -0.15) is 0 Å². The van der Waals surface area contributed by atoms with E-state index in [1.54, 1.807) is 0 Å². The second-order valence-corrected chi connectivity index (χ2v) is 4.00. The zero-order valence-corrected chi connectivity index (χ0v) is 11.1. The molecule has 0 bridgehead atoms. The summed E-state index contributed by atoms with van der Waals surface area (Å²) in [5, 5.41) is 11.0. The fourth-order valence-electron chi connectivity index (χ4n) is 1.66. The molecule has 0 aromatic carbocycles. The summed E-state index contributed by atoms with van der Waals surface area (Å²) in [4.78, 5) is 43.9. The van der Waals surface area contributed by atoms with Crippen LogP contribution in [0.5, 0.6) is 0 Å². The van der Waals surface area contributed by atoms with Gasteiger partial charge in [0.1, 0.15) is 11.7 Å². The molecule has 8 heteroatoms. The van der Waals surface area contributed by atoms with Crippen molar-refractivity contribution in [3.63, 3.8) is 0 Å². The summed E-state index contributed by atoms with van der Waals surface area (Å²) in [6.07, 6.45) is -0.681. The van der Waals surface area contributed by atoms with Crippen molar-refractivity contribution in [1.29, 1.82) is 0 Å². The minimum atomic E-state index is -1.35. The number of rotatable bonds is 8. The van der Waals surface area contributed by atoms with E-state index in [4.69, 9.17) is 0 Å². The Morgan fingerprint density at radius 1 is 1.21 bits per heavy atom. The Balaban J connectivity index is 4.94. The van der Waals surface area contributed by atoms with Crippen LogP contribution in [0.2, 0.25) is 0 Å². The van der Waals surface area contributed by atoms with Crippen LogP contribution in [-0.4, -0.2) is 42.9 Å². The lowest BCUT2D eigenvalue weighted by Crippen LogP contribution is -2.37. The maximum atomic E-state index is 11.5. The van der Waals surface area contributed by atoms with Gasteiger partial charge in [0.2, 0.25) is 6.04 Å². The van der Waals surface area contributed by atoms with E-state index in [9.17, 15) is 24.5 Å². The number of carbonyl (C=O) groups excluding carboxylic acids is 3. The highest BCUT2D eigenvalue weighted by Gasteiger charge is 2.38. The van der Waals surface area contributed by atoms with Crippen LogP contribution in [0.3, 0.4) is 0 Å². The summed E-state index contributed by atoms with van der Waals surface area (Å²) in [6, 6.07) is -1.35. The van der Waals surface area contributed by atoms with Crippen molar-refractivity contribution in [3.05, 3.63) is 10.1 Å². The first-order valence-corrected chi connectivity index (χ1v) is 5.61. The van der Waals surface area contributed by atoms with E-state index in [-0.39, 0.29) is 25.0 Å². The first-order valence-electron chi connectivity index (χ1n) is 5.61. The van der Waals surface area contributed by atoms with Gasteiger partial charge in [0, 0.05) is 17.8 Å². The Kier molecular flexibility index (Phi) is 7.32. The highest BCUT2D eigenvalue weighted by atomic mass is 16.6. The van der Waals surface area contributed by atoms with Crippen LogP contribution >= 0.6 is 0 Å². The normalized spacial score (nSPS) is 13.2. The van der Waals surface area contributed by atoms with E-state index < -0.39 is 28.8 Å². The number of Topliss-reactive ketones (excluding diaryl/α,β-unsaturated/α-hetero) is 1. The van der Waals surface area contributed by atoms with E-state index in [2.05, 4.69) is 9.47 Å². The number of nitrogens with zero attached hydrogens (tertiary/aromatic N) is 1. The maximum absolute atomic E-state index is 11.5. The second kappa shape index (κ2) is 8.17. The van der Waals surface area contributed by atoms with E-state index in [1.807, 2.05) is 0 Å². The molecule has 0 rings (SSSR count). The summed E-state index contributed by atoms with van der Waals surface area (Å²) >= 11 is 0. The first-order chi connectivity index (χ1) is 8.83. The summed E-state index contributed by atoms with van der Waals surface area (Å²) in [5.41, 5.74) is 0. The van der Waals surface area contributed by atoms with Crippen molar-refractivity contribution >= 4 is 17.7 Å². The summed E-state index contributed by atoms with van der Waals surface area (Å²) in [5.74, 6) is -3.00. The quantitative estimate of drug-likeness (QED) is 0.357. The van der Waals surface area contributed by atoms with Crippen LogP contribution in [0.1, 0.15) is 26.2 Å². The Morgan fingerprint density at radius 2 is 1.79 bits per heavy atom. The van der Waals surface area contributed by atoms with Gasteiger partial charge >= 0.3 is 11.9 Å². The molecule has 0 saturated carbocycles. The molecule has 0 saturated heterocycles. The number of ether oxygens (including phenoxy) is 2. The molecule has 0 fully saturated rings. The third kappa shape index (κ3) is 5.94. The Labute approximate surface area is 110 Å². The summed E-state index contributed by atoms with van der Waals surface area (Å²) in [7, 11) is 2.25. The van der Waals surface area contributed by atoms with Gasteiger partial charge in [-0.25, -0.2) is 0 Å². The Hall–Kier alpha value is -1.99. The number of ketones is 1. The largest absolute Gasteiger partial charge is 0.469 e. The number of esters is 2. The van der Waals surface area contributed by atoms with Crippen LogP contribution in [0.15, 0.2) is 0 Å². The molecule has 108 valence electrons. The number of hydrogen-bond acceptors (Lipinski definition) is 7. The van der Waals surface area contributed by atoms with E-state index in [0.717, 1.165) is 14.2 Å². The second-order valence-electron chi connectivity index (χ2n) is 4.00. The Bertz CT molecular complexity index is 366. The van der Waals surface area contributed by atoms with E-state index in [1.165, 1.54) is 6.92 Å². The van der Waals surface area contributed by atoms with Gasteiger partial charge in [0.15, 0.2) is 0 Å². The number of nitro groups is 1. The van der Waals surface area contributed by atoms with Crippen LogP contribution in [-0.2, 0) is 23.9 Å². The fraction of sp³-hybridized carbons (Fsp3) is 0.727. The fourth-order valence-corrected chi connectivity index (χ4v) is 1.66. The average molecular weight is 275 g/mol. The average Bonchev–Trinajstić information content (AvgIpc) is 2.35. The molecular weight excluding hydrogens is 258 g/mol. The molecular formula is C11H17NO7. The molecule has 0 aliphatic rings. The van der Waals surface area contributed by atoms with Crippen molar-refractivity contribution in [2.75, 3.05) is 14.2 Å². The van der Waals surface area contributed by atoms with E-state index in [0.29, 0.717) is 0 Å². The zero-order chi connectivity index (χ0) is 15.0. The SMILES string of the molecule is COC(=O)CCC(C(CC(C)=O)C(=O)OC)[N+](=O)[O-]. The van der Waals surface area contributed by atoms with Crippen molar-refractivity contribution < 1.29 is 28.8 Å². The standard InChI is InChI=1S/C11H17NO7/c1-7(13)6-8(11(15)19-3)9(12(16)17)4-5-10(14)18-2/h8-9H,4-6H2,1-3H3. The van der Waals surface area contributed by atoms with Gasteiger partial charge in [-0.1, -0.05) is 0 Å². The third-order valence-electron chi connectivity index (χ3n) is 2.62. The minimum Gasteiger partial charge on any atom is -0.469 e. The summed E-state index contributed by atoms with van der Waals surface area (Å²) in [6.45, 7) is 1.23. The molecule has 0 aromatic rings. The number of methoxy groups -OCH3 is 2. The molecule has 0 heterocycles. The molecule has 0 spiro atoms. The van der Waals surface area contributed by atoms with Crippen molar-refractivity contribution in [2.24, 2.45) is 5.92 Å². The molecule has 0 radical (unpaired) electrons. The van der Waals surface area contributed by atoms with Crippen molar-refractivity contribution in [3.8, 4) is 0 Å². The molecule has 0 aliphatic heterocycles. The topological polar surface area (TPSA) is 113 Å². The lowest BCUT2D eigenvalue weighted by atomic mass is 9.91. The predicted octanol–water partition coefficient (Wildman–Crippen LogP) is 0.353. The van der Waals surface area contributed by atoms with Crippen LogP contribution in [0, 0.1) is 16.0 Å². The van der Waals surface area contributed by atoms with Crippen molar-refractivity contribution in [1.82, 2.24) is 0 Å². The minimum absolute atomic E-state index is 0.188. The van der Waals surface area contributed by atoms with Gasteiger partial charge in [-0.3, -0.25) is 24.5 Å². The van der Waals surface area contributed by atoms with Crippen LogP contribution < -0.4 is 0 Å². The molecule has 0 amide bonds. The Morgan fingerprint density at radius 3 is 2.16 bits per heavy atom. The smallest absolute Gasteiger partial charge is 0.316 e. The first kappa shape index (κ1) is 17.0. The van der Waals surface area contributed by atoms with Crippen LogP contribution in [0.4, 0.5) is 0 Å². The van der Waals surface area contributed by atoms with Gasteiger partial charge in [-0.15, -0.1) is 0 Å². The molecule has 0 N–H and O–H groups in total. The predicted molar refractivity (Wildman–Crippen MR) is 62.8 cm³/mol. The third-order valence-corrected chi connectivity index (χ3v) is 2.62. The summed E-state index contributed by atoms with van der Waals surface area (Å²) < 4.78 is 8.85. The molecule has 0 aromatic heterocycles. The lowest BCUT2D eigenvalue weighted by Gasteiger charge is -2.17. The molecule has 8 nitrogen and oxygen atoms in total. The number of carbonyl (C=O) groups is 3. The van der Waals surface area contributed by atoms with Gasteiger partial charge < -0.3 is 9.47 Å². The van der Waals surface area contributed by atoms with Gasteiger partial charge in [0.05, 0.1) is 20.6 Å². The zero-order valence-electron chi connectivity index (χ0n) is 11.1. The molecule has 2 unspecified atom stereocenters. The van der Waals surface area contributed by atoms with Crippen LogP contribution in [0.25, 0.3) is 0 Å². The van der Waals surface area contributed by atoms with Gasteiger partial charge in [0.25, 0.3) is 0 Å². The highest BCUT2D eigenvalue weighted by Crippen LogP contribution is 2.19. The van der Waals surface area contributed by atoms with Crippen molar-refractivity contribution in [2.45, 2.75) is 32.2 Å². The highest BCUT2D eigenvalue weighted by molar-refractivity contribution is 5.83. The van der Waals surface area contributed by atoms with Gasteiger partial charge in [-0.05, 0) is 6.92 Å². The monoisotopic (exact) mass is 275 g/mol. The lowest BCUT2D eigenvalue weighted by molar-refractivity contribution is -0.530. The molecule has 2 atom stereocenters. The molecule has 19 heavy (non-hydrogen) atoms. The molecule has 0 aliphatic carbocycles.